The third-order valence-corrected chi connectivity index (χ3v) is 5.06. The number of carbonyl (C=O) groups excluding carboxylic acids is 2. The van der Waals surface area contributed by atoms with Crippen LogP contribution in [0.5, 0.6) is 0 Å². The zero-order chi connectivity index (χ0) is 21.3. The largest absolute Gasteiger partial charge is 0.416 e. The molecule has 0 aliphatic heterocycles. The van der Waals surface area contributed by atoms with Gasteiger partial charge < -0.3 is 10.2 Å². The lowest BCUT2D eigenvalue weighted by atomic mass is 10.0. The Labute approximate surface area is 165 Å². The summed E-state index contributed by atoms with van der Waals surface area (Å²) in [4.78, 5) is 31.7. The quantitative estimate of drug-likeness (QED) is 0.793. The molecule has 1 N–H and O–H groups in total. The number of halogens is 3. The molecule has 2 rings (SSSR count). The summed E-state index contributed by atoms with van der Waals surface area (Å²) >= 11 is 1.32. The lowest BCUT2D eigenvalue weighted by Gasteiger charge is -2.35. The van der Waals surface area contributed by atoms with Crippen LogP contribution < -0.4 is 5.32 Å². The monoisotopic (exact) mass is 413 g/mol. The number of aryl methyl sites for hydroxylation is 2. The molecule has 0 aliphatic carbocycles. The van der Waals surface area contributed by atoms with Gasteiger partial charge in [-0.15, -0.1) is 11.3 Å². The highest BCUT2D eigenvalue weighted by Crippen LogP contribution is 2.30. The zero-order valence-corrected chi connectivity index (χ0v) is 17.1. The van der Waals surface area contributed by atoms with E-state index in [0.29, 0.717) is 5.13 Å². The van der Waals surface area contributed by atoms with E-state index in [1.807, 2.05) is 13.8 Å². The standard InChI is InChI=1S/C19H22F3N3O2S/c1-11-12(2)28-17(23-11)24-15(26)10-25(18(3,4)5)16(27)13-7-6-8-14(9-13)19(20,21)22/h6-9H,10H2,1-5H3,(H,23,24,26). The molecule has 2 aromatic rings. The number of hydrogen-bond donors (Lipinski definition) is 1. The molecular formula is C19H22F3N3O2S. The van der Waals surface area contributed by atoms with Gasteiger partial charge in [0.25, 0.3) is 5.91 Å². The lowest BCUT2D eigenvalue weighted by molar-refractivity contribution is -0.137. The summed E-state index contributed by atoms with van der Waals surface area (Å²) in [5.41, 5.74) is -1.02. The average Bonchev–Trinajstić information content (AvgIpc) is 2.88. The van der Waals surface area contributed by atoms with E-state index in [9.17, 15) is 22.8 Å². The zero-order valence-electron chi connectivity index (χ0n) is 16.3. The first-order chi connectivity index (χ1) is 12.8. The van der Waals surface area contributed by atoms with Crippen LogP contribution in [-0.2, 0) is 11.0 Å². The van der Waals surface area contributed by atoms with Crippen molar-refractivity contribution in [1.82, 2.24) is 9.88 Å². The van der Waals surface area contributed by atoms with Crippen molar-refractivity contribution in [2.75, 3.05) is 11.9 Å². The normalized spacial score (nSPS) is 12.0. The smallest absolute Gasteiger partial charge is 0.324 e. The van der Waals surface area contributed by atoms with E-state index in [1.165, 1.54) is 28.4 Å². The molecule has 0 saturated carbocycles. The van der Waals surface area contributed by atoms with Gasteiger partial charge in [-0.3, -0.25) is 9.59 Å². The maximum absolute atomic E-state index is 13.0. The molecule has 0 saturated heterocycles. The third kappa shape index (κ3) is 5.31. The van der Waals surface area contributed by atoms with E-state index in [1.54, 1.807) is 20.8 Å². The molecule has 0 aliphatic rings. The molecule has 2 amide bonds. The fourth-order valence-electron chi connectivity index (χ4n) is 2.43. The summed E-state index contributed by atoms with van der Waals surface area (Å²) in [6, 6.07) is 4.18. The van der Waals surface area contributed by atoms with Crippen LogP contribution in [-0.4, -0.2) is 33.8 Å². The number of benzene rings is 1. The molecular weight excluding hydrogens is 391 g/mol. The summed E-state index contributed by atoms with van der Waals surface area (Å²) in [7, 11) is 0. The summed E-state index contributed by atoms with van der Waals surface area (Å²) in [5, 5.41) is 3.06. The Kier molecular flexibility index (Phi) is 6.18. The first-order valence-electron chi connectivity index (χ1n) is 8.52. The highest BCUT2D eigenvalue weighted by Gasteiger charge is 2.33. The number of alkyl halides is 3. The van der Waals surface area contributed by atoms with E-state index in [-0.39, 0.29) is 12.1 Å². The van der Waals surface area contributed by atoms with E-state index < -0.39 is 29.1 Å². The second kappa shape index (κ2) is 7.90. The van der Waals surface area contributed by atoms with Crippen molar-refractivity contribution < 1.29 is 22.8 Å². The van der Waals surface area contributed by atoms with Gasteiger partial charge in [0.2, 0.25) is 5.91 Å². The van der Waals surface area contributed by atoms with Gasteiger partial charge in [0.05, 0.1) is 11.3 Å². The van der Waals surface area contributed by atoms with Gasteiger partial charge in [-0.1, -0.05) is 6.07 Å². The number of anilines is 1. The summed E-state index contributed by atoms with van der Waals surface area (Å²) < 4.78 is 38.9. The van der Waals surface area contributed by atoms with Gasteiger partial charge in [0.15, 0.2) is 5.13 Å². The molecule has 28 heavy (non-hydrogen) atoms. The van der Waals surface area contributed by atoms with Crippen molar-refractivity contribution in [2.45, 2.75) is 46.3 Å². The van der Waals surface area contributed by atoms with Gasteiger partial charge in [0.1, 0.15) is 6.54 Å². The van der Waals surface area contributed by atoms with E-state index in [2.05, 4.69) is 10.3 Å². The molecule has 5 nitrogen and oxygen atoms in total. The molecule has 1 aromatic carbocycles. The average molecular weight is 413 g/mol. The van der Waals surface area contributed by atoms with Crippen LogP contribution in [0.2, 0.25) is 0 Å². The molecule has 0 fully saturated rings. The Morgan fingerprint density at radius 1 is 1.18 bits per heavy atom. The van der Waals surface area contributed by atoms with Crippen molar-refractivity contribution in [3.63, 3.8) is 0 Å². The molecule has 0 radical (unpaired) electrons. The lowest BCUT2D eigenvalue weighted by Crippen LogP contribution is -2.49. The Hall–Kier alpha value is -2.42. The Morgan fingerprint density at radius 2 is 1.82 bits per heavy atom. The van der Waals surface area contributed by atoms with Crippen LogP contribution in [0.4, 0.5) is 18.3 Å². The Balaban J connectivity index is 2.24. The van der Waals surface area contributed by atoms with Gasteiger partial charge >= 0.3 is 6.18 Å². The fraction of sp³-hybridized carbons (Fsp3) is 0.421. The second-order valence-electron chi connectivity index (χ2n) is 7.35. The van der Waals surface area contributed by atoms with Gasteiger partial charge in [0, 0.05) is 16.0 Å². The van der Waals surface area contributed by atoms with Crippen molar-refractivity contribution in [2.24, 2.45) is 0 Å². The Morgan fingerprint density at radius 3 is 2.32 bits per heavy atom. The number of rotatable bonds is 4. The molecule has 152 valence electrons. The van der Waals surface area contributed by atoms with Gasteiger partial charge in [-0.2, -0.15) is 13.2 Å². The number of carbonyl (C=O) groups is 2. The van der Waals surface area contributed by atoms with Crippen LogP contribution in [0.25, 0.3) is 0 Å². The predicted octanol–water partition coefficient (Wildman–Crippen LogP) is 4.66. The number of aromatic nitrogens is 1. The van der Waals surface area contributed by atoms with Crippen molar-refractivity contribution in [3.05, 3.63) is 46.0 Å². The summed E-state index contributed by atoms with van der Waals surface area (Å²) in [6.45, 7) is 8.52. The first kappa shape index (κ1) is 21.9. The Bertz CT molecular complexity index is 866. The molecule has 1 heterocycles. The predicted molar refractivity (Wildman–Crippen MR) is 102 cm³/mol. The molecule has 0 unspecified atom stereocenters. The highest BCUT2D eigenvalue weighted by molar-refractivity contribution is 7.15. The van der Waals surface area contributed by atoms with Gasteiger partial charge in [-0.25, -0.2) is 4.98 Å². The third-order valence-electron chi connectivity index (χ3n) is 4.07. The minimum absolute atomic E-state index is 0.126. The van der Waals surface area contributed by atoms with Crippen molar-refractivity contribution in [3.8, 4) is 0 Å². The van der Waals surface area contributed by atoms with Crippen molar-refractivity contribution in [1.29, 1.82) is 0 Å². The highest BCUT2D eigenvalue weighted by atomic mass is 32.1. The number of nitrogens with zero attached hydrogens (tertiary/aromatic N) is 2. The first-order valence-corrected chi connectivity index (χ1v) is 9.34. The van der Waals surface area contributed by atoms with Gasteiger partial charge in [-0.05, 0) is 52.8 Å². The van der Waals surface area contributed by atoms with Crippen LogP contribution in [0.1, 0.15) is 47.3 Å². The summed E-state index contributed by atoms with van der Waals surface area (Å²) in [6.07, 6.45) is -4.55. The molecule has 0 atom stereocenters. The van der Waals surface area contributed by atoms with Crippen molar-refractivity contribution >= 4 is 28.3 Å². The maximum atomic E-state index is 13.0. The summed E-state index contributed by atoms with van der Waals surface area (Å²) in [5.74, 6) is -1.12. The topological polar surface area (TPSA) is 62.3 Å². The number of thiazole rings is 1. The minimum Gasteiger partial charge on any atom is -0.324 e. The fourth-order valence-corrected chi connectivity index (χ4v) is 3.26. The van der Waals surface area contributed by atoms with E-state index in [4.69, 9.17) is 0 Å². The molecule has 0 bridgehead atoms. The van der Waals surface area contributed by atoms with Crippen LogP contribution in [0.15, 0.2) is 24.3 Å². The number of amides is 2. The van der Waals surface area contributed by atoms with Crippen LogP contribution in [0.3, 0.4) is 0 Å². The van der Waals surface area contributed by atoms with Crippen LogP contribution in [0, 0.1) is 13.8 Å². The molecule has 1 aromatic heterocycles. The molecule has 9 heteroatoms. The SMILES string of the molecule is Cc1nc(NC(=O)CN(C(=O)c2cccc(C(F)(F)F)c2)C(C)(C)C)sc1C. The minimum atomic E-state index is -4.55. The number of nitrogens with one attached hydrogen (secondary N) is 1. The number of hydrogen-bond acceptors (Lipinski definition) is 4. The molecule has 0 spiro atoms. The van der Waals surface area contributed by atoms with E-state index in [0.717, 1.165) is 22.7 Å². The maximum Gasteiger partial charge on any atom is 0.416 e. The second-order valence-corrected chi connectivity index (χ2v) is 8.55. The van der Waals surface area contributed by atoms with E-state index >= 15 is 0 Å². The van der Waals surface area contributed by atoms with Crippen LogP contribution >= 0.6 is 11.3 Å².